The summed E-state index contributed by atoms with van der Waals surface area (Å²) in [6.45, 7) is 4.70. The number of methoxy groups -OCH3 is 2. The van der Waals surface area contributed by atoms with E-state index in [2.05, 4.69) is 0 Å². The molecule has 1 saturated heterocycles. The molecule has 1 fully saturated rings. The van der Waals surface area contributed by atoms with Crippen molar-refractivity contribution in [2.24, 2.45) is 0 Å². The van der Waals surface area contributed by atoms with Crippen molar-refractivity contribution in [2.75, 3.05) is 32.3 Å². The van der Waals surface area contributed by atoms with Crippen molar-refractivity contribution in [3.05, 3.63) is 83.4 Å². The van der Waals surface area contributed by atoms with Crippen LogP contribution in [0.1, 0.15) is 31.0 Å². The highest BCUT2D eigenvalue weighted by molar-refractivity contribution is 6.51. The Morgan fingerprint density at radius 3 is 2.16 bits per heavy atom. The minimum absolute atomic E-state index is 0.0593. The second-order valence-electron chi connectivity index (χ2n) is 8.17. The Morgan fingerprint density at radius 2 is 1.51 bits per heavy atom. The molecular formula is C29H29NO7. The lowest BCUT2D eigenvalue weighted by molar-refractivity contribution is -0.132. The van der Waals surface area contributed by atoms with Crippen molar-refractivity contribution >= 4 is 23.1 Å². The topological polar surface area (TPSA) is 94.5 Å². The van der Waals surface area contributed by atoms with Crippen molar-refractivity contribution in [1.82, 2.24) is 0 Å². The third-order valence-electron chi connectivity index (χ3n) is 6.02. The van der Waals surface area contributed by atoms with Crippen LogP contribution in [-0.4, -0.2) is 44.2 Å². The van der Waals surface area contributed by atoms with E-state index in [1.807, 2.05) is 13.8 Å². The molecule has 1 unspecified atom stereocenters. The SMILES string of the molecule is CCOc1ccc(N2C(=O)C(=O)/C(=C(/O)c3ccc(OC)cc3OC)C2c2cccc(OCC)c2)cc1. The number of carbonyl (C=O) groups excluding carboxylic acids is 2. The van der Waals surface area contributed by atoms with Crippen LogP contribution in [0.3, 0.4) is 0 Å². The molecule has 8 nitrogen and oxygen atoms in total. The van der Waals surface area contributed by atoms with Crippen molar-refractivity contribution in [2.45, 2.75) is 19.9 Å². The molecule has 8 heteroatoms. The molecule has 4 rings (SSSR count). The largest absolute Gasteiger partial charge is 0.507 e. The van der Waals surface area contributed by atoms with E-state index in [1.165, 1.54) is 19.1 Å². The number of Topliss-reactive ketones (excluding diaryl/α,β-unsaturated/α-hetero) is 1. The summed E-state index contributed by atoms with van der Waals surface area (Å²) < 4.78 is 21.9. The molecule has 1 amide bonds. The van der Waals surface area contributed by atoms with E-state index in [1.54, 1.807) is 66.7 Å². The van der Waals surface area contributed by atoms with Crippen LogP contribution in [-0.2, 0) is 9.59 Å². The van der Waals surface area contributed by atoms with Gasteiger partial charge in [-0.2, -0.15) is 0 Å². The summed E-state index contributed by atoms with van der Waals surface area (Å²) in [7, 11) is 2.97. The van der Waals surface area contributed by atoms with Gasteiger partial charge in [0, 0.05) is 11.8 Å². The number of aliphatic hydroxyl groups excluding tert-OH is 1. The number of benzene rings is 3. The standard InChI is InChI=1S/C29H29NO7/c1-5-36-20-12-10-19(11-13-20)30-26(18-8-7-9-22(16-18)37-6-2)25(28(32)29(30)33)27(31)23-15-14-21(34-3)17-24(23)35-4/h7-17,26,31H,5-6H2,1-4H3/b27-25+. The smallest absolute Gasteiger partial charge is 0.300 e. The van der Waals surface area contributed by atoms with Crippen LogP contribution in [0.2, 0.25) is 0 Å². The average molecular weight is 504 g/mol. The van der Waals surface area contributed by atoms with Crippen molar-refractivity contribution in [1.29, 1.82) is 0 Å². The molecule has 0 aliphatic carbocycles. The molecule has 37 heavy (non-hydrogen) atoms. The molecule has 0 bridgehead atoms. The predicted octanol–water partition coefficient (Wildman–Crippen LogP) is 5.13. The maximum atomic E-state index is 13.5. The van der Waals surface area contributed by atoms with Crippen LogP contribution in [0.5, 0.6) is 23.0 Å². The van der Waals surface area contributed by atoms with Gasteiger partial charge < -0.3 is 24.1 Å². The number of amides is 1. The zero-order valence-electron chi connectivity index (χ0n) is 21.2. The lowest BCUT2D eigenvalue weighted by Gasteiger charge is -2.26. The van der Waals surface area contributed by atoms with Crippen LogP contribution < -0.4 is 23.8 Å². The Labute approximate surface area is 215 Å². The molecule has 1 N–H and O–H groups in total. The summed E-state index contributed by atoms with van der Waals surface area (Å²) in [5.74, 6) is 0.120. The molecule has 3 aromatic rings. The number of nitrogens with zero attached hydrogens (tertiary/aromatic N) is 1. The van der Waals surface area contributed by atoms with Crippen LogP contribution in [0.15, 0.2) is 72.3 Å². The Hall–Kier alpha value is -4.46. The number of anilines is 1. The fourth-order valence-corrected chi connectivity index (χ4v) is 4.36. The Kier molecular flexibility index (Phi) is 7.67. The van der Waals surface area contributed by atoms with E-state index < -0.39 is 17.7 Å². The summed E-state index contributed by atoms with van der Waals surface area (Å²) in [6, 6.07) is 17.9. The van der Waals surface area contributed by atoms with Gasteiger partial charge in [0.2, 0.25) is 0 Å². The molecule has 1 aliphatic heterocycles. The van der Waals surface area contributed by atoms with E-state index in [0.29, 0.717) is 47.5 Å². The molecular weight excluding hydrogens is 474 g/mol. The highest BCUT2D eigenvalue weighted by Gasteiger charge is 2.47. The maximum absolute atomic E-state index is 13.5. The van der Waals surface area contributed by atoms with Gasteiger partial charge in [-0.15, -0.1) is 0 Å². The number of rotatable bonds is 9. The van der Waals surface area contributed by atoms with Gasteiger partial charge in [-0.05, 0) is 67.9 Å². The van der Waals surface area contributed by atoms with Crippen molar-refractivity contribution in [3.63, 3.8) is 0 Å². The van der Waals surface area contributed by atoms with E-state index in [0.717, 1.165) is 0 Å². The van der Waals surface area contributed by atoms with E-state index in [-0.39, 0.29) is 16.9 Å². The molecule has 0 saturated carbocycles. The first-order valence-electron chi connectivity index (χ1n) is 11.9. The molecule has 1 atom stereocenters. The first-order valence-corrected chi connectivity index (χ1v) is 11.9. The number of hydrogen-bond acceptors (Lipinski definition) is 7. The maximum Gasteiger partial charge on any atom is 0.300 e. The highest BCUT2D eigenvalue weighted by atomic mass is 16.5. The summed E-state index contributed by atoms with van der Waals surface area (Å²) in [6.07, 6.45) is 0. The first-order chi connectivity index (χ1) is 17.9. The monoisotopic (exact) mass is 503 g/mol. The van der Waals surface area contributed by atoms with Crippen LogP contribution in [0.4, 0.5) is 5.69 Å². The van der Waals surface area contributed by atoms with Crippen molar-refractivity contribution < 1.29 is 33.6 Å². The average Bonchev–Trinajstić information content (AvgIpc) is 3.19. The third-order valence-corrected chi connectivity index (χ3v) is 6.02. The van der Waals surface area contributed by atoms with Gasteiger partial charge in [-0.1, -0.05) is 12.1 Å². The van der Waals surface area contributed by atoms with Gasteiger partial charge in [-0.25, -0.2) is 0 Å². The van der Waals surface area contributed by atoms with Crippen LogP contribution in [0.25, 0.3) is 5.76 Å². The lowest BCUT2D eigenvalue weighted by Crippen LogP contribution is -2.29. The summed E-state index contributed by atoms with van der Waals surface area (Å²) in [4.78, 5) is 28.3. The molecule has 1 aliphatic rings. The predicted molar refractivity (Wildman–Crippen MR) is 140 cm³/mol. The van der Waals surface area contributed by atoms with E-state index in [9.17, 15) is 14.7 Å². The van der Waals surface area contributed by atoms with Gasteiger partial charge in [0.05, 0.1) is 44.6 Å². The molecule has 0 radical (unpaired) electrons. The second-order valence-corrected chi connectivity index (χ2v) is 8.17. The molecule has 0 spiro atoms. The minimum atomic E-state index is -0.912. The second kappa shape index (κ2) is 11.1. The normalized spacial score (nSPS) is 16.5. The van der Waals surface area contributed by atoms with Crippen LogP contribution in [0, 0.1) is 0 Å². The molecule has 3 aromatic carbocycles. The van der Waals surface area contributed by atoms with Crippen molar-refractivity contribution in [3.8, 4) is 23.0 Å². The quantitative estimate of drug-likeness (QED) is 0.246. The summed E-state index contributed by atoms with van der Waals surface area (Å²) >= 11 is 0. The molecule has 0 aromatic heterocycles. The zero-order chi connectivity index (χ0) is 26.5. The van der Waals surface area contributed by atoms with Gasteiger partial charge >= 0.3 is 0 Å². The fraction of sp³-hybridized carbons (Fsp3) is 0.241. The number of ketones is 1. The van der Waals surface area contributed by atoms with E-state index in [4.69, 9.17) is 18.9 Å². The fourth-order valence-electron chi connectivity index (χ4n) is 4.36. The minimum Gasteiger partial charge on any atom is -0.507 e. The lowest BCUT2D eigenvalue weighted by atomic mass is 9.94. The summed E-state index contributed by atoms with van der Waals surface area (Å²) in [5.41, 5.74) is 1.29. The van der Waals surface area contributed by atoms with Crippen LogP contribution >= 0.6 is 0 Å². The third kappa shape index (κ3) is 4.95. The number of carbonyl (C=O) groups is 2. The summed E-state index contributed by atoms with van der Waals surface area (Å²) in [5, 5.41) is 11.5. The van der Waals surface area contributed by atoms with Gasteiger partial charge in [0.25, 0.3) is 11.7 Å². The Morgan fingerprint density at radius 1 is 0.838 bits per heavy atom. The number of ether oxygens (including phenoxy) is 4. The Bertz CT molecular complexity index is 1330. The number of hydrogen-bond donors (Lipinski definition) is 1. The van der Waals surface area contributed by atoms with Gasteiger partial charge in [0.15, 0.2) is 0 Å². The van der Waals surface area contributed by atoms with E-state index >= 15 is 0 Å². The highest BCUT2D eigenvalue weighted by Crippen LogP contribution is 2.44. The molecule has 192 valence electrons. The Balaban J connectivity index is 1.92. The van der Waals surface area contributed by atoms with Gasteiger partial charge in [-0.3, -0.25) is 14.5 Å². The zero-order valence-corrected chi connectivity index (χ0v) is 21.2. The van der Waals surface area contributed by atoms with Gasteiger partial charge in [0.1, 0.15) is 28.8 Å². The number of aliphatic hydroxyl groups is 1. The first kappa shape index (κ1) is 25.6. The molecule has 1 heterocycles.